The summed E-state index contributed by atoms with van der Waals surface area (Å²) in [5.41, 5.74) is 3.68. The highest BCUT2D eigenvalue weighted by Gasteiger charge is 2.50. The number of aromatic nitrogens is 3. The average molecular weight is 578 g/mol. The lowest BCUT2D eigenvalue weighted by Crippen LogP contribution is -2.50. The molecule has 2 aromatic heterocycles. The summed E-state index contributed by atoms with van der Waals surface area (Å²) in [6.45, 7) is 7.91. The van der Waals surface area contributed by atoms with Crippen molar-refractivity contribution < 1.29 is 4.55 Å². The van der Waals surface area contributed by atoms with Crippen LogP contribution in [0.3, 0.4) is 0 Å². The highest BCUT2D eigenvalue weighted by Crippen LogP contribution is 2.53. The van der Waals surface area contributed by atoms with Gasteiger partial charge in [0.1, 0.15) is 4.75 Å². The van der Waals surface area contributed by atoms with E-state index in [1.54, 1.807) is 23.5 Å². The summed E-state index contributed by atoms with van der Waals surface area (Å²) in [5.74, 6) is 0.943. The molecule has 2 atom stereocenters. The number of hydrogen-bond donors (Lipinski definition) is 1. The van der Waals surface area contributed by atoms with E-state index < -0.39 is 11.4 Å². The van der Waals surface area contributed by atoms with Crippen LogP contribution in [0.1, 0.15) is 50.8 Å². The van der Waals surface area contributed by atoms with Gasteiger partial charge in [-0.25, -0.2) is 9.97 Å². The van der Waals surface area contributed by atoms with Gasteiger partial charge in [-0.2, -0.15) is 0 Å². The molecule has 1 aliphatic heterocycles. The van der Waals surface area contributed by atoms with E-state index in [0.29, 0.717) is 0 Å². The first-order valence-corrected chi connectivity index (χ1v) is 16.6. The summed E-state index contributed by atoms with van der Waals surface area (Å²) in [6, 6.07) is 17.3. The molecule has 39 heavy (non-hydrogen) atoms. The lowest BCUT2D eigenvalue weighted by Gasteiger charge is -2.44. The summed E-state index contributed by atoms with van der Waals surface area (Å²) >= 11 is 2.34. The number of thioether (sulfide) groups is 1. The van der Waals surface area contributed by atoms with E-state index in [9.17, 15) is 4.55 Å². The standard InChI is InChI=1S/C30H35N5OS3/c1-29(2,3)39(36)33-26-22-10-6-5-9-21(22)19-30(26)13-16-34(17-14-30)28-32-20-25(27-31-15-18-35(27)28)38-24-12-8-7-11-23(24)37-4/h5-12,15,18,20,26,33H,13-14,16-17,19H2,1-4H3/t26-,39?/m1/s1. The topological polar surface area (TPSA) is 68.5 Å². The Bertz CT molecular complexity index is 1470. The van der Waals surface area contributed by atoms with Crippen LogP contribution in [0.25, 0.3) is 5.65 Å². The molecule has 9 heteroatoms. The lowest BCUT2D eigenvalue weighted by molar-refractivity contribution is 0.175. The summed E-state index contributed by atoms with van der Waals surface area (Å²) < 4.78 is 18.6. The average Bonchev–Trinajstić information content (AvgIpc) is 3.53. The zero-order chi connectivity index (χ0) is 27.2. The highest BCUT2D eigenvalue weighted by molar-refractivity contribution is 8.02. The predicted molar refractivity (Wildman–Crippen MR) is 163 cm³/mol. The van der Waals surface area contributed by atoms with E-state index in [-0.39, 0.29) is 16.2 Å². The second-order valence-corrected chi connectivity index (χ2v) is 15.4. The van der Waals surface area contributed by atoms with Gasteiger partial charge in [-0.3, -0.25) is 4.40 Å². The molecule has 1 aliphatic carbocycles. The van der Waals surface area contributed by atoms with Gasteiger partial charge in [-0.05, 0) is 69.5 Å². The monoisotopic (exact) mass is 577 g/mol. The Kier molecular flexibility index (Phi) is 7.39. The van der Waals surface area contributed by atoms with E-state index in [0.717, 1.165) is 48.8 Å². The van der Waals surface area contributed by atoms with Gasteiger partial charge in [0.15, 0.2) is 5.65 Å². The van der Waals surface area contributed by atoms with Crippen LogP contribution in [0.15, 0.2) is 81.8 Å². The molecule has 1 unspecified atom stereocenters. The van der Waals surface area contributed by atoms with Crippen molar-refractivity contribution in [3.8, 4) is 0 Å². The van der Waals surface area contributed by atoms with E-state index in [1.807, 2.05) is 39.4 Å². The van der Waals surface area contributed by atoms with Crippen molar-refractivity contribution in [2.75, 3.05) is 24.2 Å². The number of rotatable bonds is 6. The highest BCUT2D eigenvalue weighted by atomic mass is 32.2. The Morgan fingerprint density at radius 2 is 1.72 bits per heavy atom. The number of anilines is 1. The van der Waals surface area contributed by atoms with Crippen molar-refractivity contribution in [1.82, 2.24) is 19.1 Å². The molecule has 1 saturated heterocycles. The maximum absolute atomic E-state index is 13.2. The molecule has 1 N–H and O–H groups in total. The van der Waals surface area contributed by atoms with Crippen LogP contribution in [0, 0.1) is 5.41 Å². The minimum absolute atomic E-state index is 0.0481. The third kappa shape index (κ3) is 5.08. The van der Waals surface area contributed by atoms with E-state index in [2.05, 4.69) is 68.8 Å². The van der Waals surface area contributed by atoms with Crippen LogP contribution in [0.5, 0.6) is 0 Å². The van der Waals surface area contributed by atoms with Gasteiger partial charge in [-0.1, -0.05) is 48.2 Å². The van der Waals surface area contributed by atoms with E-state index in [1.165, 1.54) is 20.9 Å². The summed E-state index contributed by atoms with van der Waals surface area (Å²) in [4.78, 5) is 15.6. The largest absolute Gasteiger partial charge is 0.598 e. The van der Waals surface area contributed by atoms with Crippen LogP contribution in [-0.2, 0) is 17.8 Å². The predicted octanol–water partition coefficient (Wildman–Crippen LogP) is 6.54. The summed E-state index contributed by atoms with van der Waals surface area (Å²) in [6.07, 6.45) is 11.0. The first-order chi connectivity index (χ1) is 18.8. The molecule has 0 radical (unpaired) electrons. The molecule has 0 saturated carbocycles. The molecular weight excluding hydrogens is 543 g/mol. The van der Waals surface area contributed by atoms with Crippen LogP contribution in [-0.4, -0.2) is 43.0 Å². The van der Waals surface area contributed by atoms with Gasteiger partial charge in [0.05, 0.1) is 10.9 Å². The van der Waals surface area contributed by atoms with Crippen LogP contribution in [0.2, 0.25) is 0 Å². The Morgan fingerprint density at radius 3 is 2.46 bits per heavy atom. The van der Waals surface area contributed by atoms with Crippen LogP contribution < -0.4 is 9.62 Å². The smallest absolute Gasteiger partial charge is 0.211 e. The molecule has 6 nitrogen and oxygen atoms in total. The molecule has 204 valence electrons. The van der Waals surface area contributed by atoms with Gasteiger partial charge in [0.2, 0.25) is 5.95 Å². The number of nitrogens with zero attached hydrogens (tertiary/aromatic N) is 4. The van der Waals surface area contributed by atoms with Crippen molar-refractivity contribution in [2.45, 2.75) is 65.5 Å². The first-order valence-electron chi connectivity index (χ1n) is 13.4. The maximum Gasteiger partial charge on any atom is 0.211 e. The van der Waals surface area contributed by atoms with Gasteiger partial charge < -0.3 is 9.45 Å². The number of hydrogen-bond acceptors (Lipinski definition) is 7. The number of nitrogens with one attached hydrogen (secondary N) is 1. The molecule has 2 aromatic carbocycles. The molecule has 4 aromatic rings. The Balaban J connectivity index is 1.25. The number of piperidine rings is 1. The van der Waals surface area contributed by atoms with Crippen molar-refractivity contribution in [2.24, 2.45) is 5.41 Å². The van der Waals surface area contributed by atoms with Gasteiger partial charge >= 0.3 is 0 Å². The van der Waals surface area contributed by atoms with Gasteiger partial charge in [-0.15, -0.1) is 16.5 Å². The SMILES string of the molecule is CSc1ccccc1Sc1cnc(N2CCC3(CC2)Cc2ccccc2[C@H]3N[S+]([O-])C(C)(C)C)n2ccnc12. The molecular formula is C30H35N5OS3. The zero-order valence-corrected chi connectivity index (χ0v) is 25.3. The number of imidazole rings is 1. The number of fused-ring (bicyclic) bond motifs is 2. The fourth-order valence-corrected chi connectivity index (χ4v) is 8.59. The summed E-state index contributed by atoms with van der Waals surface area (Å²) in [5, 5.41) is 0. The summed E-state index contributed by atoms with van der Waals surface area (Å²) in [7, 11) is 0. The van der Waals surface area contributed by atoms with Crippen LogP contribution >= 0.6 is 23.5 Å². The Hall–Kier alpha value is -2.17. The van der Waals surface area contributed by atoms with Crippen molar-refractivity contribution in [1.29, 1.82) is 0 Å². The Morgan fingerprint density at radius 1 is 1.00 bits per heavy atom. The Labute approximate surface area is 242 Å². The normalized spacial score (nSPS) is 19.5. The van der Waals surface area contributed by atoms with Gasteiger partial charge in [0, 0.05) is 58.2 Å². The van der Waals surface area contributed by atoms with Crippen molar-refractivity contribution in [3.63, 3.8) is 0 Å². The second kappa shape index (κ2) is 10.7. The third-order valence-corrected chi connectivity index (χ3v) is 11.6. The molecule has 1 spiro atoms. The molecule has 1 fully saturated rings. The maximum atomic E-state index is 13.2. The third-order valence-electron chi connectivity index (χ3n) is 8.01. The zero-order valence-electron chi connectivity index (χ0n) is 22.9. The van der Waals surface area contributed by atoms with Crippen molar-refractivity contribution in [3.05, 3.63) is 78.2 Å². The van der Waals surface area contributed by atoms with Crippen molar-refractivity contribution >= 4 is 46.5 Å². The first kappa shape index (κ1) is 27.0. The molecule has 3 heterocycles. The second-order valence-electron chi connectivity index (χ2n) is 11.5. The van der Waals surface area contributed by atoms with E-state index in [4.69, 9.17) is 9.97 Å². The van der Waals surface area contributed by atoms with Crippen LogP contribution in [0.4, 0.5) is 5.95 Å². The fraction of sp³-hybridized carbons (Fsp3) is 0.400. The molecule has 0 amide bonds. The van der Waals surface area contributed by atoms with Gasteiger partial charge in [0.25, 0.3) is 0 Å². The minimum Gasteiger partial charge on any atom is -0.598 e. The minimum atomic E-state index is -1.13. The van der Waals surface area contributed by atoms with E-state index >= 15 is 0 Å². The fourth-order valence-electron chi connectivity index (χ4n) is 5.89. The molecule has 0 bridgehead atoms. The molecule has 2 aliphatic rings. The quantitative estimate of drug-likeness (QED) is 0.206. The lowest BCUT2D eigenvalue weighted by atomic mass is 9.73. The number of benzene rings is 2. The molecule has 6 rings (SSSR count).